The molecule has 1 radical (unpaired) electrons. The molecule has 0 spiro atoms. The van der Waals surface area contributed by atoms with Gasteiger partial charge in [0.25, 0.3) is 0 Å². The van der Waals surface area contributed by atoms with Gasteiger partial charge in [-0.25, -0.2) is 0 Å². The average molecular weight is 970 g/mol. The largest absolute Gasteiger partial charge is 0.512 e. The molecule has 0 aliphatic rings. The van der Waals surface area contributed by atoms with Gasteiger partial charge < -0.3 is 5.11 Å². The Bertz CT molecular complexity index is 2090. The molecule has 0 saturated carbocycles. The maximum atomic E-state index is 11.7. The van der Waals surface area contributed by atoms with Crippen molar-refractivity contribution in [2.45, 2.75) is 139 Å². The fourth-order valence-corrected chi connectivity index (χ4v) is 17.0. The topological polar surface area (TPSA) is 50.2 Å². The molecule has 0 fully saturated rings. The first-order valence-corrected chi connectivity index (χ1v) is 24.6. The Kier molecular flexibility index (Phi) is 17.2. The molecule has 5 aromatic rings. The second kappa shape index (κ2) is 20.9. The molecule has 0 aliphatic carbocycles. The van der Waals surface area contributed by atoms with Crippen LogP contribution in [0.1, 0.15) is 123 Å². The van der Waals surface area contributed by atoms with Gasteiger partial charge in [0, 0.05) is 59.3 Å². The fourth-order valence-electron chi connectivity index (χ4n) is 8.87. The van der Waals surface area contributed by atoms with E-state index in [2.05, 4.69) is 117 Å². The summed E-state index contributed by atoms with van der Waals surface area (Å²) in [6.45, 7) is 29.3. The number of thiophene rings is 1. The van der Waals surface area contributed by atoms with Gasteiger partial charge in [-0.05, 0) is 71.8 Å². The van der Waals surface area contributed by atoms with Gasteiger partial charge in [0.1, 0.15) is 0 Å². The van der Waals surface area contributed by atoms with Crippen LogP contribution < -0.4 is 5.19 Å². The Morgan fingerprint density at radius 2 is 1.39 bits per heavy atom. The van der Waals surface area contributed by atoms with E-state index in [4.69, 9.17) is 6.35 Å². The molecule has 3 nitrogen and oxygen atoms in total. The summed E-state index contributed by atoms with van der Waals surface area (Å²) in [5.74, 6) is 2.63. The summed E-state index contributed by atoms with van der Waals surface area (Å²) < 4.78 is 11.2. The summed E-state index contributed by atoms with van der Waals surface area (Å²) in [6.07, 6.45) is 5.22. The van der Waals surface area contributed by atoms with Gasteiger partial charge >= 0.3 is 0 Å². The quantitative estimate of drug-likeness (QED) is 0.0492. The van der Waals surface area contributed by atoms with Gasteiger partial charge in [-0.3, -0.25) is 9.78 Å². The summed E-state index contributed by atoms with van der Waals surface area (Å²) >= 11 is 1.85. The number of aliphatic hydroxyl groups is 1. The third kappa shape index (κ3) is 11.5. The summed E-state index contributed by atoms with van der Waals surface area (Å²) in [5, 5.41) is 16.1. The van der Waals surface area contributed by atoms with Crippen molar-refractivity contribution in [3.05, 3.63) is 84.2 Å². The van der Waals surface area contributed by atoms with Crippen molar-refractivity contribution in [2.75, 3.05) is 0 Å². The number of aromatic nitrogens is 1. The van der Waals surface area contributed by atoms with Gasteiger partial charge in [0.2, 0.25) is 0 Å². The third-order valence-corrected chi connectivity index (χ3v) is 18.8. The van der Waals surface area contributed by atoms with Crippen molar-refractivity contribution in [1.29, 1.82) is 0 Å². The van der Waals surface area contributed by atoms with Crippen LogP contribution in [-0.4, -0.2) is 23.9 Å². The number of aliphatic hydroxyl groups excluding tert-OH is 1. The molecule has 0 unspecified atom stereocenters. The standard InChI is InChI=1S/C37H46NSSi.C13H24O2.Ir/c1-24(2)21-40(22-25(3)4,23-26(5)6)29-14-15-31-32-16-17-38-35(36(32)39-34(31)20-29)28-18-27-12-10-11-13-30(27)33(19-28)37(7,8)9;1-5-10(6-2)12(14)9-13(15)11(7-3)8-4;/h10-17,19-20,24-26H,21-23H2,1-9H3;9-11,14H,5-8H2,1-4H3;/q-1;;/b;12-9-;/i17D;;. The van der Waals surface area contributed by atoms with Crippen LogP contribution >= 0.6 is 11.3 Å². The number of nitrogens with zero attached hydrogens (tertiary/aromatic N) is 1. The summed E-state index contributed by atoms with van der Waals surface area (Å²) in [6, 6.07) is 27.8. The Hall–Kier alpha value is -2.63. The molecule has 2 heterocycles. The van der Waals surface area contributed by atoms with Crippen LogP contribution in [0.4, 0.5) is 0 Å². The molecule has 56 heavy (non-hydrogen) atoms. The molecule has 5 rings (SSSR count). The number of ketones is 1. The van der Waals surface area contributed by atoms with Crippen LogP contribution in [0.15, 0.2) is 72.6 Å². The van der Waals surface area contributed by atoms with E-state index in [0.717, 1.165) is 47.7 Å². The third-order valence-electron chi connectivity index (χ3n) is 11.3. The zero-order valence-corrected chi connectivity index (χ0v) is 40.9. The second-order valence-electron chi connectivity index (χ2n) is 18.3. The summed E-state index contributed by atoms with van der Waals surface area (Å²) in [4.78, 5) is 16.6. The van der Waals surface area contributed by atoms with E-state index in [1.165, 1.54) is 49.9 Å². The minimum atomic E-state index is -1.73. The first-order valence-electron chi connectivity index (χ1n) is 21.6. The number of pyridine rings is 1. The Morgan fingerprint density at radius 1 is 0.821 bits per heavy atom. The van der Waals surface area contributed by atoms with Crippen molar-refractivity contribution < 1.29 is 31.4 Å². The van der Waals surface area contributed by atoms with Crippen LogP contribution in [-0.2, 0) is 30.3 Å². The average Bonchev–Trinajstić information content (AvgIpc) is 3.48. The minimum absolute atomic E-state index is 0. The van der Waals surface area contributed by atoms with Gasteiger partial charge in [-0.1, -0.05) is 155 Å². The number of carbonyl (C=O) groups excluding carboxylic acids is 1. The molecule has 0 saturated heterocycles. The van der Waals surface area contributed by atoms with Crippen LogP contribution in [0.5, 0.6) is 0 Å². The van der Waals surface area contributed by atoms with Crippen molar-refractivity contribution in [1.82, 2.24) is 4.98 Å². The predicted molar refractivity (Wildman–Crippen MR) is 246 cm³/mol. The van der Waals surface area contributed by atoms with Crippen molar-refractivity contribution in [3.63, 3.8) is 0 Å². The number of rotatable bonds is 15. The molecule has 6 heteroatoms. The van der Waals surface area contributed by atoms with E-state index in [-0.39, 0.29) is 48.9 Å². The zero-order chi connectivity index (χ0) is 41.5. The van der Waals surface area contributed by atoms with Crippen LogP contribution in [0.3, 0.4) is 0 Å². The number of benzene rings is 3. The molecule has 1 N–H and O–H groups in total. The van der Waals surface area contributed by atoms with Crippen molar-refractivity contribution in [3.8, 4) is 11.3 Å². The maximum absolute atomic E-state index is 11.7. The maximum Gasteiger partial charge on any atom is 0.162 e. The van der Waals surface area contributed by atoms with E-state index in [0.29, 0.717) is 23.9 Å². The number of hydrogen-bond donors (Lipinski definition) is 1. The van der Waals surface area contributed by atoms with Gasteiger partial charge in [-0.15, -0.1) is 40.5 Å². The molecule has 0 bridgehead atoms. The smallest absolute Gasteiger partial charge is 0.162 e. The molecular formula is C50H70IrNO2SSi-. The molecule has 0 amide bonds. The molecule has 0 atom stereocenters. The van der Waals surface area contributed by atoms with Crippen LogP contribution in [0.25, 0.3) is 42.2 Å². The predicted octanol–water partition coefficient (Wildman–Crippen LogP) is 14.9. The Morgan fingerprint density at radius 3 is 1.93 bits per heavy atom. The van der Waals surface area contributed by atoms with Crippen LogP contribution in [0.2, 0.25) is 18.1 Å². The Labute approximate surface area is 360 Å². The minimum Gasteiger partial charge on any atom is -0.512 e. The summed E-state index contributed by atoms with van der Waals surface area (Å²) in [7, 11) is -1.73. The SMILES string of the molecule is CCC(CC)C(=O)/C=C(\O)C(CC)CC.[2H]c1cc2c(sc3cc([Si](CC(C)C)(CC(C)C)CC(C)C)ccc32)c(-c2[c-]c3ccccc3c(C(C)(C)C)c2)n1.[Ir]. The van der Waals surface area contributed by atoms with E-state index in [9.17, 15) is 9.90 Å². The monoisotopic (exact) mass is 970 g/mol. The first-order chi connectivity index (χ1) is 26.4. The Balaban J connectivity index is 0.000000464. The zero-order valence-electron chi connectivity index (χ0n) is 37.7. The number of carbonyl (C=O) groups is 1. The molecule has 0 aliphatic heterocycles. The van der Waals surface area contributed by atoms with Crippen molar-refractivity contribution >= 4 is 61.3 Å². The van der Waals surface area contributed by atoms with Crippen molar-refractivity contribution in [2.24, 2.45) is 29.6 Å². The first kappa shape index (κ1) is 46.1. The van der Waals surface area contributed by atoms with Gasteiger partial charge in [0.15, 0.2) is 5.78 Å². The normalized spacial score (nSPS) is 13.0. The van der Waals surface area contributed by atoms with Gasteiger partial charge in [0.05, 0.1) is 15.2 Å². The summed E-state index contributed by atoms with van der Waals surface area (Å²) in [5.41, 5.74) is 3.15. The molecular weight excluding hydrogens is 899 g/mol. The second-order valence-corrected chi connectivity index (χ2v) is 23.7. The van der Waals surface area contributed by atoms with E-state index in [1.54, 1.807) is 5.19 Å². The van der Waals surface area contributed by atoms with E-state index >= 15 is 0 Å². The van der Waals surface area contributed by atoms with Crippen LogP contribution in [0, 0.1) is 35.7 Å². The molecule has 2 aromatic heterocycles. The fraction of sp³-hybridized carbons (Fsp3) is 0.520. The molecule has 307 valence electrons. The van der Waals surface area contributed by atoms with Gasteiger partial charge in [-0.2, -0.15) is 0 Å². The van der Waals surface area contributed by atoms with E-state index in [1.807, 2.05) is 45.1 Å². The molecule has 3 aromatic carbocycles. The van der Waals surface area contributed by atoms with E-state index < -0.39 is 8.07 Å². The number of hydrogen-bond acceptors (Lipinski definition) is 4. The number of allylic oxidation sites excluding steroid dienone is 2. The number of fused-ring (bicyclic) bond motifs is 4.